The molecule has 3 rings (SSSR count). The summed E-state index contributed by atoms with van der Waals surface area (Å²) in [6, 6.07) is 6.38. The second-order valence-electron chi connectivity index (χ2n) is 5.65. The van der Waals surface area contributed by atoms with Gasteiger partial charge in [0.1, 0.15) is 0 Å². The van der Waals surface area contributed by atoms with Crippen LogP contribution in [0.25, 0.3) is 11.0 Å². The molecule has 0 bridgehead atoms. The maximum Gasteiger partial charge on any atom is 0.0960 e. The molecule has 0 amide bonds. The number of benzene rings is 1. The monoisotopic (exact) mass is 245 g/mol. The fourth-order valence-electron chi connectivity index (χ4n) is 2.78. The van der Waals surface area contributed by atoms with Crippen LogP contribution in [0.5, 0.6) is 0 Å². The molecule has 2 heterocycles. The van der Waals surface area contributed by atoms with E-state index in [-0.39, 0.29) is 5.60 Å². The Kier molecular flexibility index (Phi) is 2.55. The molecular formula is C14H19N3O. The van der Waals surface area contributed by atoms with E-state index in [9.17, 15) is 0 Å². The number of ether oxygens (including phenoxy) is 1. The average Bonchev–Trinajstić information content (AvgIpc) is 2.70. The molecule has 0 saturated carbocycles. The van der Waals surface area contributed by atoms with E-state index in [0.717, 1.165) is 36.2 Å². The van der Waals surface area contributed by atoms with Gasteiger partial charge in [0, 0.05) is 18.3 Å². The Morgan fingerprint density at radius 2 is 2.28 bits per heavy atom. The third-order valence-electron chi connectivity index (χ3n) is 3.66. The number of aromatic nitrogens is 2. The Morgan fingerprint density at radius 3 is 3.06 bits per heavy atom. The lowest BCUT2D eigenvalue weighted by atomic mass is 9.93. The summed E-state index contributed by atoms with van der Waals surface area (Å²) in [5.41, 5.74) is 8.63. The van der Waals surface area contributed by atoms with Crippen LogP contribution < -0.4 is 5.73 Å². The summed E-state index contributed by atoms with van der Waals surface area (Å²) in [7, 11) is 0. The van der Waals surface area contributed by atoms with Crippen molar-refractivity contribution >= 4 is 16.7 Å². The Morgan fingerprint density at radius 1 is 1.44 bits per heavy atom. The van der Waals surface area contributed by atoms with Crippen LogP contribution in [0.3, 0.4) is 0 Å². The highest BCUT2D eigenvalue weighted by Crippen LogP contribution is 2.33. The zero-order valence-corrected chi connectivity index (χ0v) is 10.9. The summed E-state index contributed by atoms with van der Waals surface area (Å²) >= 11 is 0. The van der Waals surface area contributed by atoms with Gasteiger partial charge in [0.15, 0.2) is 0 Å². The number of hydrogen-bond acceptors (Lipinski definition) is 3. The molecule has 1 unspecified atom stereocenters. The molecule has 18 heavy (non-hydrogen) atoms. The van der Waals surface area contributed by atoms with Crippen molar-refractivity contribution in [3.05, 3.63) is 24.5 Å². The predicted molar refractivity (Wildman–Crippen MR) is 72.4 cm³/mol. The molecule has 1 atom stereocenters. The first-order valence-corrected chi connectivity index (χ1v) is 6.41. The third kappa shape index (κ3) is 1.97. The topological polar surface area (TPSA) is 53.1 Å². The van der Waals surface area contributed by atoms with Gasteiger partial charge in [0.25, 0.3) is 0 Å². The molecule has 1 fully saturated rings. The zero-order valence-electron chi connectivity index (χ0n) is 10.9. The third-order valence-corrected chi connectivity index (χ3v) is 3.66. The number of nitrogen functional groups attached to an aromatic ring is 1. The van der Waals surface area contributed by atoms with Gasteiger partial charge < -0.3 is 15.0 Å². The summed E-state index contributed by atoms with van der Waals surface area (Å²) in [6.45, 7) is 5.11. The lowest BCUT2D eigenvalue weighted by molar-refractivity contribution is -0.0685. The second kappa shape index (κ2) is 3.99. The number of imidazole rings is 1. The van der Waals surface area contributed by atoms with Crippen LogP contribution in [-0.4, -0.2) is 21.8 Å². The van der Waals surface area contributed by atoms with Crippen molar-refractivity contribution in [2.75, 3.05) is 12.3 Å². The van der Waals surface area contributed by atoms with E-state index in [2.05, 4.69) is 29.5 Å². The van der Waals surface area contributed by atoms with Gasteiger partial charge >= 0.3 is 0 Å². The molecule has 1 aliphatic heterocycles. The highest BCUT2D eigenvalue weighted by molar-refractivity contribution is 5.79. The number of anilines is 1. The normalized spacial score (nSPS) is 23.3. The Labute approximate surface area is 107 Å². The molecule has 0 spiro atoms. The number of fused-ring (bicyclic) bond motifs is 1. The summed E-state index contributed by atoms with van der Waals surface area (Å²) in [4.78, 5) is 4.44. The summed E-state index contributed by atoms with van der Waals surface area (Å²) < 4.78 is 8.03. The van der Waals surface area contributed by atoms with E-state index >= 15 is 0 Å². The van der Waals surface area contributed by atoms with Crippen molar-refractivity contribution in [2.24, 2.45) is 0 Å². The maximum atomic E-state index is 5.79. The minimum Gasteiger partial charge on any atom is -0.399 e. The van der Waals surface area contributed by atoms with Crippen molar-refractivity contribution in [1.82, 2.24) is 9.55 Å². The highest BCUT2D eigenvalue weighted by atomic mass is 16.5. The molecule has 4 heteroatoms. The van der Waals surface area contributed by atoms with Crippen LogP contribution >= 0.6 is 0 Å². The molecule has 4 nitrogen and oxygen atoms in total. The van der Waals surface area contributed by atoms with Crippen molar-refractivity contribution in [3.8, 4) is 0 Å². The van der Waals surface area contributed by atoms with Crippen molar-refractivity contribution in [2.45, 2.75) is 38.3 Å². The van der Waals surface area contributed by atoms with Gasteiger partial charge in [0.2, 0.25) is 0 Å². The number of nitrogens with two attached hydrogens (primary N) is 1. The lowest BCUT2D eigenvalue weighted by Crippen LogP contribution is -2.34. The first-order chi connectivity index (χ1) is 8.55. The minimum atomic E-state index is -0.0483. The molecule has 1 saturated heterocycles. The molecule has 1 aromatic carbocycles. The van der Waals surface area contributed by atoms with Crippen LogP contribution in [0.2, 0.25) is 0 Å². The van der Waals surface area contributed by atoms with Crippen molar-refractivity contribution in [1.29, 1.82) is 0 Å². The van der Waals surface area contributed by atoms with Gasteiger partial charge in [-0.15, -0.1) is 0 Å². The van der Waals surface area contributed by atoms with Gasteiger partial charge in [-0.2, -0.15) is 0 Å². The first-order valence-electron chi connectivity index (χ1n) is 6.41. The summed E-state index contributed by atoms with van der Waals surface area (Å²) in [5.74, 6) is 0. The average molecular weight is 245 g/mol. The number of rotatable bonds is 1. The highest BCUT2D eigenvalue weighted by Gasteiger charge is 2.30. The molecular weight excluding hydrogens is 226 g/mol. The molecule has 96 valence electrons. The van der Waals surface area contributed by atoms with E-state index < -0.39 is 0 Å². The molecule has 1 aromatic heterocycles. The quantitative estimate of drug-likeness (QED) is 0.786. The first kappa shape index (κ1) is 11.5. The molecule has 2 aromatic rings. The zero-order chi connectivity index (χ0) is 12.8. The van der Waals surface area contributed by atoms with E-state index in [1.807, 2.05) is 18.5 Å². The van der Waals surface area contributed by atoms with Gasteiger partial charge in [-0.25, -0.2) is 4.98 Å². The lowest BCUT2D eigenvalue weighted by Gasteiger charge is -2.36. The van der Waals surface area contributed by atoms with Crippen LogP contribution in [0.1, 0.15) is 32.7 Å². The Hall–Kier alpha value is -1.55. The fraction of sp³-hybridized carbons (Fsp3) is 0.500. The van der Waals surface area contributed by atoms with Crippen molar-refractivity contribution < 1.29 is 4.74 Å². The Bertz CT molecular complexity index is 573. The molecule has 2 N–H and O–H groups in total. The largest absolute Gasteiger partial charge is 0.399 e. The number of nitrogens with zero attached hydrogens (tertiary/aromatic N) is 2. The van der Waals surface area contributed by atoms with Crippen LogP contribution in [0.4, 0.5) is 5.69 Å². The fourth-order valence-corrected chi connectivity index (χ4v) is 2.78. The molecule has 1 aliphatic rings. The van der Waals surface area contributed by atoms with E-state index in [1.54, 1.807) is 0 Å². The second-order valence-corrected chi connectivity index (χ2v) is 5.65. The van der Waals surface area contributed by atoms with Crippen molar-refractivity contribution in [3.63, 3.8) is 0 Å². The maximum absolute atomic E-state index is 5.79. The number of hydrogen-bond donors (Lipinski definition) is 1. The van der Waals surface area contributed by atoms with Gasteiger partial charge in [-0.3, -0.25) is 0 Å². The Balaban J connectivity index is 1.99. The van der Waals surface area contributed by atoms with E-state index in [4.69, 9.17) is 10.5 Å². The van der Waals surface area contributed by atoms with Crippen LogP contribution in [0.15, 0.2) is 24.5 Å². The van der Waals surface area contributed by atoms with Crippen LogP contribution in [0, 0.1) is 0 Å². The molecule has 0 radical (unpaired) electrons. The predicted octanol–water partition coefficient (Wildman–Crippen LogP) is 2.75. The minimum absolute atomic E-state index is 0.0483. The van der Waals surface area contributed by atoms with Gasteiger partial charge in [-0.05, 0) is 44.9 Å². The molecule has 0 aliphatic carbocycles. The summed E-state index contributed by atoms with van der Waals surface area (Å²) in [5, 5.41) is 0. The van der Waals surface area contributed by atoms with Gasteiger partial charge in [-0.1, -0.05) is 0 Å². The van der Waals surface area contributed by atoms with Gasteiger partial charge in [0.05, 0.1) is 23.0 Å². The SMILES string of the molecule is CC1(C)CC(n2cnc3cc(N)ccc32)CCO1. The van der Waals surface area contributed by atoms with E-state index in [1.165, 1.54) is 0 Å². The van der Waals surface area contributed by atoms with Crippen LogP contribution in [-0.2, 0) is 4.74 Å². The van der Waals surface area contributed by atoms with E-state index in [0.29, 0.717) is 6.04 Å². The summed E-state index contributed by atoms with van der Waals surface area (Å²) in [6.07, 6.45) is 3.98. The standard InChI is InChI=1S/C14H19N3O/c1-14(2)8-11(5-6-18-14)17-9-16-12-7-10(15)3-4-13(12)17/h3-4,7,9,11H,5-6,8,15H2,1-2H3. The smallest absolute Gasteiger partial charge is 0.0960 e.